The Morgan fingerprint density at radius 3 is 2.40 bits per heavy atom. The van der Waals surface area contributed by atoms with Gasteiger partial charge in [-0.2, -0.15) is 13.2 Å². The highest BCUT2D eigenvalue weighted by Gasteiger charge is 2.38. The number of halogens is 3. The molecule has 0 radical (unpaired) electrons. The Labute approximate surface area is 122 Å². The molecule has 110 valence electrons. The minimum Gasteiger partial charge on any atom is -0.382 e. The van der Waals surface area contributed by atoms with Gasteiger partial charge >= 0.3 is 6.18 Å². The van der Waals surface area contributed by atoms with Crippen LogP contribution in [0.2, 0.25) is 0 Å². The second kappa shape index (κ2) is 6.71. The summed E-state index contributed by atoms with van der Waals surface area (Å²) in [5.41, 5.74) is 0. The third-order valence-corrected chi connectivity index (χ3v) is 4.69. The second-order valence-corrected chi connectivity index (χ2v) is 6.33. The van der Waals surface area contributed by atoms with E-state index >= 15 is 0 Å². The van der Waals surface area contributed by atoms with Crippen LogP contribution in [0.5, 0.6) is 0 Å². The van der Waals surface area contributed by atoms with Gasteiger partial charge in [-0.1, -0.05) is 12.1 Å². The lowest BCUT2D eigenvalue weighted by molar-refractivity contribution is -0.202. The maximum Gasteiger partial charge on any atom is 0.415 e. The maximum absolute atomic E-state index is 12.3. The van der Waals surface area contributed by atoms with Crippen molar-refractivity contribution in [1.29, 1.82) is 0 Å². The third-order valence-electron chi connectivity index (χ3n) is 2.81. The van der Waals surface area contributed by atoms with Gasteiger partial charge in [-0.25, -0.2) is 0 Å². The zero-order valence-corrected chi connectivity index (χ0v) is 12.1. The van der Waals surface area contributed by atoms with E-state index in [0.29, 0.717) is 6.42 Å². The van der Waals surface area contributed by atoms with Crippen LogP contribution in [0.3, 0.4) is 0 Å². The summed E-state index contributed by atoms with van der Waals surface area (Å²) in [4.78, 5) is 2.06. The first-order chi connectivity index (χ1) is 9.47. The summed E-state index contributed by atoms with van der Waals surface area (Å²) in [5.74, 6) is 0. The van der Waals surface area contributed by atoms with Gasteiger partial charge in [0, 0.05) is 28.8 Å². The van der Waals surface area contributed by atoms with Gasteiger partial charge in [0.1, 0.15) is 0 Å². The lowest BCUT2D eigenvalue weighted by Crippen LogP contribution is -2.40. The molecule has 0 fully saturated rings. The number of aliphatic hydroxyl groups is 1. The van der Waals surface area contributed by atoms with Gasteiger partial charge < -0.3 is 10.4 Å². The lowest BCUT2D eigenvalue weighted by atomic mass is 10.1. The molecule has 2 heterocycles. The van der Waals surface area contributed by atoms with Crippen LogP contribution < -0.4 is 5.32 Å². The van der Waals surface area contributed by atoms with E-state index in [0.717, 1.165) is 9.75 Å². The summed E-state index contributed by atoms with van der Waals surface area (Å²) in [7, 11) is 0. The topological polar surface area (TPSA) is 32.3 Å². The SMILES string of the molecule is OC(CNC(Cc1cccs1)c1cccs1)C(F)(F)F. The fourth-order valence-electron chi connectivity index (χ4n) is 1.76. The Kier molecular flexibility index (Phi) is 5.20. The zero-order valence-electron chi connectivity index (χ0n) is 10.4. The van der Waals surface area contributed by atoms with Gasteiger partial charge in [-0.15, -0.1) is 22.7 Å². The van der Waals surface area contributed by atoms with Crippen molar-refractivity contribution in [2.24, 2.45) is 0 Å². The summed E-state index contributed by atoms with van der Waals surface area (Å²) in [6, 6.07) is 7.40. The van der Waals surface area contributed by atoms with Crippen LogP contribution >= 0.6 is 22.7 Å². The molecule has 2 aromatic rings. The molecule has 0 aliphatic rings. The molecule has 0 aliphatic heterocycles. The number of thiophene rings is 2. The zero-order chi connectivity index (χ0) is 14.6. The van der Waals surface area contributed by atoms with E-state index in [9.17, 15) is 13.2 Å². The lowest BCUT2D eigenvalue weighted by Gasteiger charge is -2.20. The van der Waals surface area contributed by atoms with Crippen LogP contribution in [0.1, 0.15) is 15.8 Å². The van der Waals surface area contributed by atoms with E-state index in [-0.39, 0.29) is 6.04 Å². The highest BCUT2D eigenvalue weighted by atomic mass is 32.1. The molecule has 0 saturated carbocycles. The Morgan fingerprint density at radius 2 is 1.85 bits per heavy atom. The van der Waals surface area contributed by atoms with Gasteiger partial charge in [0.25, 0.3) is 0 Å². The Bertz CT molecular complexity index is 496. The van der Waals surface area contributed by atoms with Gasteiger partial charge in [0.2, 0.25) is 0 Å². The van der Waals surface area contributed by atoms with Gasteiger partial charge in [0.05, 0.1) is 0 Å². The molecule has 7 heteroatoms. The summed E-state index contributed by atoms with van der Waals surface area (Å²) < 4.78 is 37.0. The molecule has 2 atom stereocenters. The Balaban J connectivity index is 2.00. The predicted molar refractivity (Wildman–Crippen MR) is 75.1 cm³/mol. The van der Waals surface area contributed by atoms with Crippen molar-refractivity contribution >= 4 is 22.7 Å². The molecule has 0 bridgehead atoms. The molecule has 0 aromatic carbocycles. The van der Waals surface area contributed by atoms with Crippen LogP contribution in [-0.4, -0.2) is 23.9 Å². The fraction of sp³-hybridized carbons (Fsp3) is 0.385. The summed E-state index contributed by atoms with van der Waals surface area (Å²) in [5, 5.41) is 15.7. The van der Waals surface area contributed by atoms with E-state index in [1.54, 1.807) is 11.3 Å². The molecule has 2 aromatic heterocycles. The molecule has 0 amide bonds. The van der Waals surface area contributed by atoms with E-state index in [2.05, 4.69) is 5.32 Å². The minimum absolute atomic E-state index is 0.217. The van der Waals surface area contributed by atoms with Crippen LogP contribution in [0.15, 0.2) is 35.0 Å². The summed E-state index contributed by atoms with van der Waals surface area (Å²) in [6.07, 6.45) is -6.31. The molecule has 0 saturated heterocycles. The van der Waals surface area contributed by atoms with Gasteiger partial charge in [-0.05, 0) is 22.9 Å². The predicted octanol–water partition coefficient (Wildman–Crippen LogP) is 3.61. The van der Waals surface area contributed by atoms with Crippen molar-refractivity contribution in [3.63, 3.8) is 0 Å². The van der Waals surface area contributed by atoms with E-state index < -0.39 is 18.8 Å². The van der Waals surface area contributed by atoms with E-state index in [1.165, 1.54) is 11.3 Å². The molecule has 0 aliphatic carbocycles. The monoisotopic (exact) mass is 321 g/mol. The number of aliphatic hydroxyl groups excluding tert-OH is 1. The molecule has 2 rings (SSSR count). The molecule has 20 heavy (non-hydrogen) atoms. The first kappa shape index (κ1) is 15.5. The second-order valence-electron chi connectivity index (χ2n) is 4.32. The molecule has 2 unspecified atom stereocenters. The number of hydrogen-bond donors (Lipinski definition) is 2. The number of nitrogens with one attached hydrogen (secondary N) is 1. The van der Waals surface area contributed by atoms with E-state index in [4.69, 9.17) is 5.11 Å². The smallest absolute Gasteiger partial charge is 0.382 e. The molecular weight excluding hydrogens is 307 g/mol. The largest absolute Gasteiger partial charge is 0.415 e. The van der Waals surface area contributed by atoms with Crippen LogP contribution in [-0.2, 0) is 6.42 Å². The molecule has 2 nitrogen and oxygen atoms in total. The first-order valence-electron chi connectivity index (χ1n) is 6.01. The van der Waals surface area contributed by atoms with E-state index in [1.807, 2.05) is 35.0 Å². The van der Waals surface area contributed by atoms with Crippen molar-refractivity contribution in [2.75, 3.05) is 6.54 Å². The van der Waals surface area contributed by atoms with Gasteiger partial charge in [-0.3, -0.25) is 0 Å². The average Bonchev–Trinajstić information content (AvgIpc) is 3.05. The van der Waals surface area contributed by atoms with Crippen LogP contribution in [0.25, 0.3) is 0 Å². The van der Waals surface area contributed by atoms with Crippen molar-refractivity contribution in [1.82, 2.24) is 5.32 Å². The Morgan fingerprint density at radius 1 is 1.15 bits per heavy atom. The van der Waals surface area contributed by atoms with Gasteiger partial charge in [0.15, 0.2) is 6.10 Å². The number of alkyl halides is 3. The molecule has 0 spiro atoms. The van der Waals surface area contributed by atoms with Crippen molar-refractivity contribution in [3.8, 4) is 0 Å². The summed E-state index contributed by atoms with van der Waals surface area (Å²) in [6.45, 7) is -0.503. The standard InChI is InChI=1S/C13H14F3NOS2/c14-13(15,16)12(18)8-17-10(11-4-2-6-20-11)7-9-3-1-5-19-9/h1-6,10,12,17-18H,7-8H2. The molecule has 2 N–H and O–H groups in total. The van der Waals surface area contributed by atoms with Crippen LogP contribution in [0.4, 0.5) is 13.2 Å². The molecular formula is C13H14F3NOS2. The summed E-state index contributed by atoms with van der Waals surface area (Å²) >= 11 is 3.06. The quantitative estimate of drug-likeness (QED) is 0.852. The number of rotatable bonds is 6. The van der Waals surface area contributed by atoms with Crippen molar-refractivity contribution in [2.45, 2.75) is 24.7 Å². The highest BCUT2D eigenvalue weighted by Crippen LogP contribution is 2.26. The highest BCUT2D eigenvalue weighted by molar-refractivity contribution is 7.10. The average molecular weight is 321 g/mol. The minimum atomic E-state index is -4.59. The maximum atomic E-state index is 12.3. The fourth-order valence-corrected chi connectivity index (χ4v) is 3.32. The Hall–Kier alpha value is -0.890. The van der Waals surface area contributed by atoms with Crippen molar-refractivity contribution < 1.29 is 18.3 Å². The van der Waals surface area contributed by atoms with Crippen LogP contribution in [0, 0.1) is 0 Å². The van der Waals surface area contributed by atoms with Crippen molar-refractivity contribution in [3.05, 3.63) is 44.8 Å². The normalized spacial score (nSPS) is 15.2. The third kappa shape index (κ3) is 4.31. The first-order valence-corrected chi connectivity index (χ1v) is 7.76. The number of hydrogen-bond acceptors (Lipinski definition) is 4.